The molecule has 1 heterocycles. The Balaban J connectivity index is 1.41. The number of carbonyl (C=O) groups is 1. The quantitative estimate of drug-likeness (QED) is 0.877. The summed E-state index contributed by atoms with van der Waals surface area (Å²) < 4.78 is 1.90. The second-order valence-electron chi connectivity index (χ2n) is 7.66. The minimum atomic E-state index is -0.474. The Bertz CT molecular complexity index is 752. The predicted octanol–water partition coefficient (Wildman–Crippen LogP) is 2.18. The Morgan fingerprint density at radius 1 is 1.36 bits per heavy atom. The number of carbonyl (C=O) groups excluding carboxylic acids is 1. The van der Waals surface area contributed by atoms with E-state index in [0.29, 0.717) is 12.3 Å². The van der Waals surface area contributed by atoms with Crippen LogP contribution in [-0.4, -0.2) is 32.9 Å². The van der Waals surface area contributed by atoms with Crippen molar-refractivity contribution in [1.82, 2.24) is 15.1 Å². The van der Waals surface area contributed by atoms with Gasteiger partial charge in [-0.3, -0.25) is 9.48 Å². The molecular weight excluding hydrogens is 314 g/mol. The van der Waals surface area contributed by atoms with Crippen molar-refractivity contribution in [2.75, 3.05) is 0 Å². The number of benzene rings is 1. The summed E-state index contributed by atoms with van der Waals surface area (Å²) in [6, 6.07) is 9.98. The van der Waals surface area contributed by atoms with Gasteiger partial charge in [-0.25, -0.2) is 0 Å². The molecule has 2 aliphatic carbocycles. The Morgan fingerprint density at radius 2 is 2.20 bits per heavy atom. The van der Waals surface area contributed by atoms with Crippen molar-refractivity contribution in [3.05, 3.63) is 53.9 Å². The molecule has 1 amide bonds. The minimum absolute atomic E-state index is 0.0712. The molecule has 5 heteroatoms. The summed E-state index contributed by atoms with van der Waals surface area (Å²) in [5.41, 5.74) is 1.90. The predicted molar refractivity (Wildman–Crippen MR) is 95.0 cm³/mol. The van der Waals surface area contributed by atoms with Crippen LogP contribution in [0.1, 0.15) is 36.8 Å². The van der Waals surface area contributed by atoms with Crippen LogP contribution in [0.4, 0.5) is 0 Å². The van der Waals surface area contributed by atoms with Gasteiger partial charge < -0.3 is 10.4 Å². The Morgan fingerprint density at radius 3 is 2.88 bits per heavy atom. The second kappa shape index (κ2) is 6.30. The number of amides is 1. The number of rotatable bonds is 5. The lowest BCUT2D eigenvalue weighted by molar-refractivity contribution is -0.124. The topological polar surface area (TPSA) is 67.2 Å². The van der Waals surface area contributed by atoms with Crippen LogP contribution < -0.4 is 5.32 Å². The van der Waals surface area contributed by atoms with E-state index >= 15 is 0 Å². The van der Waals surface area contributed by atoms with Gasteiger partial charge in [0.1, 0.15) is 0 Å². The van der Waals surface area contributed by atoms with Gasteiger partial charge in [-0.15, -0.1) is 0 Å². The molecule has 0 radical (unpaired) electrons. The van der Waals surface area contributed by atoms with Crippen LogP contribution in [0.5, 0.6) is 0 Å². The van der Waals surface area contributed by atoms with Crippen molar-refractivity contribution in [2.45, 2.75) is 56.7 Å². The van der Waals surface area contributed by atoms with E-state index < -0.39 is 6.10 Å². The molecular formula is C20H25N3O2. The lowest BCUT2D eigenvalue weighted by Gasteiger charge is -2.22. The highest BCUT2D eigenvalue weighted by molar-refractivity contribution is 5.91. The number of hydrogen-bond donors (Lipinski definition) is 2. The second-order valence-corrected chi connectivity index (χ2v) is 7.66. The van der Waals surface area contributed by atoms with E-state index in [0.717, 1.165) is 31.4 Å². The molecule has 2 fully saturated rings. The van der Waals surface area contributed by atoms with Gasteiger partial charge in [0.05, 0.1) is 17.6 Å². The highest BCUT2D eigenvalue weighted by Gasteiger charge is 2.52. The number of aliphatic hydroxyl groups is 1. The average Bonchev–Trinajstić information content (AvgIpc) is 3.12. The highest BCUT2D eigenvalue weighted by Crippen LogP contribution is 2.49. The van der Waals surface area contributed by atoms with Crippen LogP contribution >= 0.6 is 0 Å². The van der Waals surface area contributed by atoms with Crippen LogP contribution in [0, 0.1) is 12.8 Å². The maximum Gasteiger partial charge on any atom is 0.230 e. The maximum atomic E-state index is 12.9. The molecule has 2 N–H and O–H groups in total. The summed E-state index contributed by atoms with van der Waals surface area (Å²) >= 11 is 0. The Hall–Kier alpha value is -2.14. The molecule has 0 bridgehead atoms. The van der Waals surface area contributed by atoms with Gasteiger partial charge in [-0.2, -0.15) is 5.10 Å². The van der Waals surface area contributed by atoms with Crippen LogP contribution in [0.3, 0.4) is 0 Å². The van der Waals surface area contributed by atoms with Gasteiger partial charge in [-0.05, 0) is 50.2 Å². The minimum Gasteiger partial charge on any atom is -0.391 e. The van der Waals surface area contributed by atoms with E-state index in [1.54, 1.807) is 6.20 Å². The molecule has 1 aromatic carbocycles. The number of nitrogens with one attached hydrogen (secondary N) is 1. The van der Waals surface area contributed by atoms with Crippen molar-refractivity contribution < 1.29 is 9.90 Å². The van der Waals surface area contributed by atoms with E-state index in [4.69, 9.17) is 0 Å². The smallest absolute Gasteiger partial charge is 0.230 e. The summed E-state index contributed by atoms with van der Waals surface area (Å²) in [4.78, 5) is 12.9. The molecule has 0 aliphatic heterocycles. The fourth-order valence-corrected chi connectivity index (χ4v) is 4.12. The first-order valence-electron chi connectivity index (χ1n) is 9.10. The summed E-state index contributed by atoms with van der Waals surface area (Å²) in [5, 5.41) is 17.8. The first kappa shape index (κ1) is 16.3. The van der Waals surface area contributed by atoms with E-state index in [-0.39, 0.29) is 17.4 Å². The zero-order valence-electron chi connectivity index (χ0n) is 14.6. The summed E-state index contributed by atoms with van der Waals surface area (Å²) in [6.45, 7) is 2.84. The van der Waals surface area contributed by atoms with Crippen molar-refractivity contribution in [2.24, 2.45) is 5.92 Å². The fraction of sp³-hybridized carbons (Fsp3) is 0.500. The van der Waals surface area contributed by atoms with Crippen molar-refractivity contribution >= 4 is 5.91 Å². The summed E-state index contributed by atoms with van der Waals surface area (Å²) in [6.07, 6.45) is 6.53. The third-order valence-corrected chi connectivity index (χ3v) is 5.70. The molecule has 1 aromatic heterocycles. The average molecular weight is 339 g/mol. The molecule has 25 heavy (non-hydrogen) atoms. The monoisotopic (exact) mass is 339 g/mol. The Kier molecular flexibility index (Phi) is 4.12. The number of aliphatic hydroxyl groups excluding tert-OH is 1. The lowest BCUT2D eigenvalue weighted by atomic mass is 9.93. The normalized spacial score (nSPS) is 27.2. The maximum absolute atomic E-state index is 12.9. The van der Waals surface area contributed by atoms with Crippen LogP contribution in [0.25, 0.3) is 0 Å². The molecule has 0 spiro atoms. The van der Waals surface area contributed by atoms with Crippen LogP contribution in [0.15, 0.2) is 42.7 Å². The zero-order valence-corrected chi connectivity index (χ0v) is 14.6. The molecule has 2 aromatic rings. The van der Waals surface area contributed by atoms with Gasteiger partial charge in [0, 0.05) is 18.9 Å². The first-order chi connectivity index (χ1) is 12.1. The third-order valence-electron chi connectivity index (χ3n) is 5.70. The zero-order chi connectivity index (χ0) is 17.4. The van der Waals surface area contributed by atoms with Crippen molar-refractivity contribution in [3.63, 3.8) is 0 Å². The van der Waals surface area contributed by atoms with Gasteiger partial charge in [0.25, 0.3) is 0 Å². The molecule has 5 nitrogen and oxygen atoms in total. The Labute approximate surface area is 148 Å². The van der Waals surface area contributed by atoms with E-state index in [9.17, 15) is 9.90 Å². The van der Waals surface area contributed by atoms with Gasteiger partial charge in [0.15, 0.2) is 0 Å². The van der Waals surface area contributed by atoms with E-state index in [1.165, 1.54) is 5.56 Å². The number of nitrogens with zero attached hydrogens (tertiary/aromatic N) is 2. The summed E-state index contributed by atoms with van der Waals surface area (Å²) in [7, 11) is 0. The van der Waals surface area contributed by atoms with Gasteiger partial charge in [0.2, 0.25) is 5.91 Å². The van der Waals surface area contributed by atoms with Crippen molar-refractivity contribution in [3.8, 4) is 0 Å². The van der Waals surface area contributed by atoms with Gasteiger partial charge in [-0.1, -0.05) is 29.8 Å². The number of aryl methyl sites for hydroxylation is 1. The molecule has 0 saturated heterocycles. The molecule has 3 atom stereocenters. The first-order valence-corrected chi connectivity index (χ1v) is 9.10. The molecule has 2 saturated carbocycles. The van der Waals surface area contributed by atoms with Crippen molar-refractivity contribution in [1.29, 1.82) is 0 Å². The van der Waals surface area contributed by atoms with E-state index in [1.807, 2.05) is 29.1 Å². The largest absolute Gasteiger partial charge is 0.391 e. The van der Waals surface area contributed by atoms with Gasteiger partial charge >= 0.3 is 0 Å². The molecule has 2 aliphatic rings. The lowest BCUT2D eigenvalue weighted by Crippen LogP contribution is -2.45. The van der Waals surface area contributed by atoms with Crippen LogP contribution in [-0.2, 0) is 16.8 Å². The highest BCUT2D eigenvalue weighted by atomic mass is 16.3. The number of hydrogen-bond acceptors (Lipinski definition) is 3. The third kappa shape index (κ3) is 3.21. The number of aromatic nitrogens is 2. The molecule has 1 unspecified atom stereocenters. The SMILES string of the molecule is Cc1cccc(C2(C(=O)N[C@@H]3CC(Cn4cccn4)C[C@H]3O)CC2)c1. The summed E-state index contributed by atoms with van der Waals surface area (Å²) in [5.74, 6) is 0.413. The fourth-order valence-electron chi connectivity index (χ4n) is 4.12. The van der Waals surface area contributed by atoms with E-state index in [2.05, 4.69) is 29.5 Å². The van der Waals surface area contributed by atoms with Crippen LogP contribution in [0.2, 0.25) is 0 Å². The standard InChI is InChI=1S/C20H25N3O2/c1-14-4-2-5-16(10-14)20(6-7-20)19(25)22-17-11-15(12-18(17)24)13-23-9-3-8-21-23/h2-5,8-10,15,17-18,24H,6-7,11-13H2,1H3,(H,22,25)/t15?,17-,18-/m1/s1. The molecule has 4 rings (SSSR count). The molecule has 132 valence electrons.